The van der Waals surface area contributed by atoms with Crippen LogP contribution in [0.3, 0.4) is 0 Å². The zero-order chi connectivity index (χ0) is 24.3. The lowest BCUT2D eigenvalue weighted by Crippen LogP contribution is -2.46. The first-order valence-electron chi connectivity index (χ1n) is 13.8. The number of phenolic OH excluding ortho intramolecular Hbond substituents is 1. The molecule has 0 heterocycles. The average Bonchev–Trinajstić information content (AvgIpc) is 3.13. The van der Waals surface area contributed by atoms with Crippen molar-refractivity contribution >= 4 is 10.3 Å². The standard InChI is InChI=1S/C28H45NO4S/c1-4-6-8-18-29(19-9-7-5-2)34(31,32)33-27-15-14-26-25-12-10-21-20-22(30)11-13-23(21)24(25)16-17-28(26,27)3/h11,13,20,24-27,30H,4-10,12,14-19H2,1-3H3. The summed E-state index contributed by atoms with van der Waals surface area (Å²) in [6, 6.07) is 5.90. The van der Waals surface area contributed by atoms with Gasteiger partial charge in [0.1, 0.15) is 5.75 Å². The van der Waals surface area contributed by atoms with E-state index in [1.54, 1.807) is 4.31 Å². The van der Waals surface area contributed by atoms with Crippen LogP contribution in [0.5, 0.6) is 5.75 Å². The van der Waals surface area contributed by atoms with Crippen LogP contribution >= 0.6 is 0 Å². The van der Waals surface area contributed by atoms with Crippen LogP contribution in [0.2, 0.25) is 0 Å². The number of nitrogens with zero attached hydrogens (tertiary/aromatic N) is 1. The van der Waals surface area contributed by atoms with Crippen LogP contribution in [0.25, 0.3) is 0 Å². The van der Waals surface area contributed by atoms with Crippen LogP contribution in [-0.2, 0) is 20.9 Å². The smallest absolute Gasteiger partial charge is 0.338 e. The third kappa shape index (κ3) is 5.19. The predicted octanol–water partition coefficient (Wildman–Crippen LogP) is 6.56. The Hall–Kier alpha value is -1.11. The van der Waals surface area contributed by atoms with E-state index in [4.69, 9.17) is 4.18 Å². The van der Waals surface area contributed by atoms with Crippen molar-refractivity contribution in [1.82, 2.24) is 4.31 Å². The monoisotopic (exact) mass is 491 g/mol. The molecule has 0 spiro atoms. The largest absolute Gasteiger partial charge is 0.508 e. The van der Waals surface area contributed by atoms with E-state index in [2.05, 4.69) is 26.8 Å². The molecule has 1 aromatic carbocycles. The van der Waals surface area contributed by atoms with E-state index in [1.165, 1.54) is 11.1 Å². The first-order chi connectivity index (χ1) is 16.3. The lowest BCUT2D eigenvalue weighted by atomic mass is 9.55. The molecule has 3 aliphatic rings. The van der Waals surface area contributed by atoms with E-state index in [-0.39, 0.29) is 11.5 Å². The molecule has 0 amide bonds. The van der Waals surface area contributed by atoms with Gasteiger partial charge in [0.2, 0.25) is 0 Å². The van der Waals surface area contributed by atoms with Crippen molar-refractivity contribution in [1.29, 1.82) is 0 Å². The van der Waals surface area contributed by atoms with Crippen molar-refractivity contribution in [2.75, 3.05) is 13.1 Å². The Morgan fingerprint density at radius 1 is 1.03 bits per heavy atom. The number of benzene rings is 1. The summed E-state index contributed by atoms with van der Waals surface area (Å²) in [7, 11) is -3.73. The Kier molecular flexibility index (Phi) is 8.31. The van der Waals surface area contributed by atoms with E-state index >= 15 is 0 Å². The molecule has 0 aliphatic heterocycles. The highest BCUT2D eigenvalue weighted by molar-refractivity contribution is 7.84. The van der Waals surface area contributed by atoms with Gasteiger partial charge in [0, 0.05) is 13.1 Å². The Labute approximate surface area is 207 Å². The summed E-state index contributed by atoms with van der Waals surface area (Å²) in [4.78, 5) is 0. The van der Waals surface area contributed by atoms with Crippen LogP contribution in [0.1, 0.15) is 108 Å². The number of hydrogen-bond acceptors (Lipinski definition) is 4. The predicted molar refractivity (Wildman–Crippen MR) is 137 cm³/mol. The molecule has 192 valence electrons. The molecule has 3 aliphatic carbocycles. The zero-order valence-electron chi connectivity index (χ0n) is 21.5. The van der Waals surface area contributed by atoms with E-state index < -0.39 is 10.3 Å². The minimum absolute atomic E-state index is 0.0822. The maximum absolute atomic E-state index is 13.5. The summed E-state index contributed by atoms with van der Waals surface area (Å²) >= 11 is 0. The number of aryl methyl sites for hydroxylation is 1. The molecule has 5 atom stereocenters. The topological polar surface area (TPSA) is 66.8 Å². The molecule has 2 saturated carbocycles. The number of hydrogen-bond donors (Lipinski definition) is 1. The molecule has 0 saturated heterocycles. The molecule has 5 nitrogen and oxygen atoms in total. The molecule has 6 heteroatoms. The number of aromatic hydroxyl groups is 1. The third-order valence-corrected chi connectivity index (χ3v) is 10.7. The molecule has 0 aromatic heterocycles. The van der Waals surface area contributed by atoms with E-state index in [0.717, 1.165) is 77.0 Å². The van der Waals surface area contributed by atoms with E-state index in [1.807, 2.05) is 12.1 Å². The first kappa shape index (κ1) is 26.0. The summed E-state index contributed by atoms with van der Waals surface area (Å²) in [5.41, 5.74) is 2.63. The number of phenols is 1. The first-order valence-corrected chi connectivity index (χ1v) is 15.2. The normalized spacial score (nSPS) is 30.7. The van der Waals surface area contributed by atoms with E-state index in [0.29, 0.717) is 36.6 Å². The lowest BCUT2D eigenvalue weighted by Gasteiger charge is -2.50. The van der Waals surface area contributed by atoms with Gasteiger partial charge >= 0.3 is 10.3 Å². The molecule has 1 aromatic rings. The van der Waals surface area contributed by atoms with Crippen molar-refractivity contribution in [3.8, 4) is 5.75 Å². The fourth-order valence-corrected chi connectivity index (χ4v) is 8.73. The summed E-state index contributed by atoms with van der Waals surface area (Å²) in [5.74, 6) is 1.97. The van der Waals surface area contributed by atoms with Crippen molar-refractivity contribution in [2.45, 2.75) is 110 Å². The van der Waals surface area contributed by atoms with Gasteiger partial charge in [0.25, 0.3) is 0 Å². The van der Waals surface area contributed by atoms with Gasteiger partial charge in [-0.05, 0) is 97.8 Å². The molecule has 5 unspecified atom stereocenters. The second-order valence-corrected chi connectivity index (χ2v) is 12.8. The number of fused-ring (bicyclic) bond motifs is 5. The van der Waals surface area contributed by atoms with Crippen molar-refractivity contribution in [3.05, 3.63) is 29.3 Å². The lowest BCUT2D eigenvalue weighted by molar-refractivity contribution is -0.0111. The van der Waals surface area contributed by atoms with Crippen LogP contribution < -0.4 is 0 Å². The summed E-state index contributed by atoms with van der Waals surface area (Å²) in [6.45, 7) is 7.73. The SMILES string of the molecule is CCCCCN(CCCCC)S(=O)(=O)OC1CCC2C3CCc4cc(O)ccc4C3CCC12C. The highest BCUT2D eigenvalue weighted by Crippen LogP contribution is 2.61. The maximum Gasteiger partial charge on any atom is 0.338 e. The van der Waals surface area contributed by atoms with Gasteiger partial charge in [-0.15, -0.1) is 0 Å². The Balaban J connectivity index is 1.47. The van der Waals surface area contributed by atoms with Gasteiger partial charge in [-0.25, -0.2) is 0 Å². The second kappa shape index (κ2) is 10.9. The third-order valence-electron chi connectivity index (χ3n) is 9.20. The van der Waals surface area contributed by atoms with Crippen molar-refractivity contribution in [3.63, 3.8) is 0 Å². The highest BCUT2D eigenvalue weighted by Gasteiger charge is 2.56. The molecular formula is C28H45NO4S. The molecule has 4 rings (SSSR count). The molecule has 0 radical (unpaired) electrons. The Morgan fingerprint density at radius 3 is 2.41 bits per heavy atom. The molecule has 2 fully saturated rings. The van der Waals surface area contributed by atoms with Crippen LogP contribution in [-0.4, -0.2) is 37.0 Å². The van der Waals surface area contributed by atoms with Crippen LogP contribution in [0, 0.1) is 17.3 Å². The minimum Gasteiger partial charge on any atom is -0.508 e. The zero-order valence-corrected chi connectivity index (χ0v) is 22.3. The molecular weight excluding hydrogens is 446 g/mol. The summed E-state index contributed by atoms with van der Waals surface area (Å²) in [5, 5.41) is 9.92. The van der Waals surface area contributed by atoms with E-state index in [9.17, 15) is 13.5 Å². The van der Waals surface area contributed by atoms with Gasteiger partial charge in [0.15, 0.2) is 0 Å². The van der Waals surface area contributed by atoms with Gasteiger partial charge < -0.3 is 5.11 Å². The Bertz CT molecular complexity index is 922. The van der Waals surface area contributed by atoms with Crippen LogP contribution in [0.4, 0.5) is 0 Å². The quantitative estimate of drug-likeness (QED) is 0.356. The van der Waals surface area contributed by atoms with Gasteiger partial charge in [0.05, 0.1) is 6.10 Å². The fourth-order valence-electron chi connectivity index (χ4n) is 7.30. The van der Waals surface area contributed by atoms with Gasteiger partial charge in [-0.1, -0.05) is 52.5 Å². The van der Waals surface area contributed by atoms with Gasteiger partial charge in [-0.3, -0.25) is 4.18 Å². The molecule has 34 heavy (non-hydrogen) atoms. The highest BCUT2D eigenvalue weighted by atomic mass is 32.2. The summed E-state index contributed by atoms with van der Waals surface area (Å²) < 4.78 is 34.7. The second-order valence-electron chi connectivity index (χ2n) is 11.3. The Morgan fingerprint density at radius 2 is 1.74 bits per heavy atom. The average molecular weight is 492 g/mol. The van der Waals surface area contributed by atoms with Gasteiger partial charge in [-0.2, -0.15) is 12.7 Å². The maximum atomic E-state index is 13.5. The minimum atomic E-state index is -3.73. The number of rotatable bonds is 11. The summed E-state index contributed by atoms with van der Waals surface area (Å²) in [6.07, 6.45) is 11.9. The van der Waals surface area contributed by atoms with Crippen molar-refractivity contribution < 1.29 is 17.7 Å². The molecule has 1 N–H and O–H groups in total. The van der Waals surface area contributed by atoms with Crippen molar-refractivity contribution in [2.24, 2.45) is 17.3 Å². The van der Waals surface area contributed by atoms with Crippen LogP contribution in [0.15, 0.2) is 18.2 Å². The number of unbranched alkanes of at least 4 members (excludes halogenated alkanes) is 4. The molecule has 0 bridgehead atoms. The fraction of sp³-hybridized carbons (Fsp3) is 0.786.